The van der Waals surface area contributed by atoms with Crippen LogP contribution in [0.25, 0.3) is 6.08 Å². The maximum absolute atomic E-state index is 4.86. The molecule has 2 aromatic rings. The molecule has 7 nitrogen and oxygen atoms in total. The van der Waals surface area contributed by atoms with Gasteiger partial charge in [-0.1, -0.05) is 42.5 Å². The minimum atomic E-state index is 0. The van der Waals surface area contributed by atoms with E-state index < -0.39 is 0 Å². The molecule has 0 aliphatic carbocycles. The zero-order chi connectivity index (χ0) is 19.9. The summed E-state index contributed by atoms with van der Waals surface area (Å²) in [6.45, 7) is 9.67. The van der Waals surface area contributed by atoms with Crippen molar-refractivity contribution >= 4 is 36.0 Å². The van der Waals surface area contributed by atoms with Gasteiger partial charge in [0, 0.05) is 52.2 Å². The Morgan fingerprint density at radius 2 is 1.90 bits per heavy atom. The average molecular weight is 521 g/mol. The number of guanidine groups is 1. The average Bonchev–Trinajstić information content (AvgIpc) is 3.37. The van der Waals surface area contributed by atoms with Gasteiger partial charge in [-0.2, -0.15) is 0 Å². The van der Waals surface area contributed by atoms with Crippen LogP contribution < -0.4 is 5.32 Å². The molecular formula is C22H32IN7. The van der Waals surface area contributed by atoms with Crippen LogP contribution in [0.5, 0.6) is 0 Å². The predicted molar refractivity (Wildman–Crippen MR) is 132 cm³/mol. The first-order valence-corrected chi connectivity index (χ1v) is 10.7. The van der Waals surface area contributed by atoms with Gasteiger partial charge < -0.3 is 14.8 Å². The molecule has 1 fully saturated rings. The molecule has 4 rings (SSSR count). The number of hydrogen-bond donors (Lipinski definition) is 1. The number of halogens is 1. The Labute approximate surface area is 196 Å². The Bertz CT molecular complexity index is 838. The van der Waals surface area contributed by atoms with Crippen molar-refractivity contribution in [1.82, 2.24) is 29.9 Å². The number of benzene rings is 1. The fraction of sp³-hybridized carbons (Fsp3) is 0.500. The number of aromatic nitrogens is 3. The van der Waals surface area contributed by atoms with Gasteiger partial charge >= 0.3 is 0 Å². The van der Waals surface area contributed by atoms with Crippen LogP contribution in [0.15, 0.2) is 41.4 Å². The normalized spacial score (nSPS) is 17.2. The lowest BCUT2D eigenvalue weighted by atomic mass is 10.2. The lowest BCUT2D eigenvalue weighted by Gasteiger charge is -2.36. The molecule has 0 radical (unpaired) electrons. The first-order chi connectivity index (χ1) is 14.3. The van der Waals surface area contributed by atoms with Crippen LogP contribution >= 0.6 is 24.0 Å². The van der Waals surface area contributed by atoms with Gasteiger partial charge in [-0.25, -0.2) is 4.99 Å². The maximum atomic E-state index is 4.86. The molecule has 0 unspecified atom stereocenters. The van der Waals surface area contributed by atoms with Gasteiger partial charge in [-0.05, 0) is 18.9 Å². The van der Waals surface area contributed by atoms with E-state index >= 15 is 0 Å². The number of nitrogens with zero attached hydrogens (tertiary/aromatic N) is 6. The summed E-state index contributed by atoms with van der Waals surface area (Å²) >= 11 is 0. The first-order valence-electron chi connectivity index (χ1n) is 10.7. The zero-order valence-electron chi connectivity index (χ0n) is 17.7. The fourth-order valence-corrected chi connectivity index (χ4v) is 3.94. The summed E-state index contributed by atoms with van der Waals surface area (Å²) in [5.74, 6) is 3.08. The van der Waals surface area contributed by atoms with Gasteiger partial charge in [0.25, 0.3) is 0 Å². The second kappa shape index (κ2) is 11.5. The van der Waals surface area contributed by atoms with Crippen LogP contribution in [-0.2, 0) is 19.5 Å². The molecule has 0 saturated carbocycles. The molecular weight excluding hydrogens is 489 g/mol. The van der Waals surface area contributed by atoms with Gasteiger partial charge in [-0.15, -0.1) is 34.2 Å². The zero-order valence-corrected chi connectivity index (χ0v) is 20.0. The van der Waals surface area contributed by atoms with Gasteiger partial charge in [0.1, 0.15) is 12.4 Å². The summed E-state index contributed by atoms with van der Waals surface area (Å²) in [6, 6.07) is 10.5. The Balaban J connectivity index is 0.00000256. The van der Waals surface area contributed by atoms with Crippen molar-refractivity contribution < 1.29 is 0 Å². The van der Waals surface area contributed by atoms with Crippen molar-refractivity contribution in [2.75, 3.05) is 39.3 Å². The molecule has 30 heavy (non-hydrogen) atoms. The molecule has 0 bridgehead atoms. The fourth-order valence-electron chi connectivity index (χ4n) is 3.94. The van der Waals surface area contributed by atoms with E-state index in [4.69, 9.17) is 4.99 Å². The summed E-state index contributed by atoms with van der Waals surface area (Å²) in [7, 11) is 0. The molecule has 0 amide bonds. The van der Waals surface area contributed by atoms with E-state index in [0.29, 0.717) is 6.54 Å². The molecule has 162 valence electrons. The van der Waals surface area contributed by atoms with E-state index in [1.165, 1.54) is 12.0 Å². The van der Waals surface area contributed by atoms with Crippen LogP contribution in [0.1, 0.15) is 30.6 Å². The quantitative estimate of drug-likeness (QED) is 0.360. The topological polar surface area (TPSA) is 61.6 Å². The number of aliphatic imine (C=N–C) groups is 1. The van der Waals surface area contributed by atoms with Crippen molar-refractivity contribution in [2.24, 2.45) is 4.99 Å². The molecule has 1 N–H and O–H groups in total. The van der Waals surface area contributed by atoms with E-state index in [1.54, 1.807) is 0 Å². The number of rotatable bonds is 6. The minimum absolute atomic E-state index is 0. The summed E-state index contributed by atoms with van der Waals surface area (Å²) in [5, 5.41) is 12.1. The Morgan fingerprint density at radius 3 is 2.67 bits per heavy atom. The van der Waals surface area contributed by atoms with Crippen molar-refractivity contribution in [1.29, 1.82) is 0 Å². The highest BCUT2D eigenvalue weighted by atomic mass is 127. The Kier molecular flexibility index (Phi) is 8.68. The van der Waals surface area contributed by atoms with Gasteiger partial charge in [-0.3, -0.25) is 4.90 Å². The highest BCUT2D eigenvalue weighted by Crippen LogP contribution is 2.14. The molecule has 1 aromatic carbocycles. The number of fused-ring (bicyclic) bond motifs is 1. The smallest absolute Gasteiger partial charge is 0.194 e. The van der Waals surface area contributed by atoms with Gasteiger partial charge in [0.15, 0.2) is 11.8 Å². The first kappa shape index (κ1) is 22.7. The number of nitrogens with one attached hydrogen (secondary N) is 1. The van der Waals surface area contributed by atoms with Crippen LogP contribution in [0, 0.1) is 0 Å². The largest absolute Gasteiger partial charge is 0.357 e. The van der Waals surface area contributed by atoms with Crippen LogP contribution in [0.3, 0.4) is 0 Å². The van der Waals surface area contributed by atoms with E-state index in [2.05, 4.69) is 79.3 Å². The van der Waals surface area contributed by atoms with Crippen LogP contribution in [-0.4, -0.2) is 69.8 Å². The third-order valence-electron chi connectivity index (χ3n) is 5.54. The van der Waals surface area contributed by atoms with Crippen LogP contribution in [0.4, 0.5) is 0 Å². The molecule has 0 spiro atoms. The number of aryl methyl sites for hydroxylation is 1. The van der Waals surface area contributed by atoms with Gasteiger partial charge in [0.2, 0.25) is 0 Å². The molecule has 8 heteroatoms. The highest BCUT2D eigenvalue weighted by molar-refractivity contribution is 14.0. The van der Waals surface area contributed by atoms with Crippen LogP contribution in [0.2, 0.25) is 0 Å². The Hall–Kier alpha value is -1.94. The third-order valence-corrected chi connectivity index (χ3v) is 5.54. The second-order valence-corrected chi connectivity index (χ2v) is 7.56. The molecule has 3 heterocycles. The standard InChI is InChI=1S/C22H31N7.HI/c1-2-23-22(24-18-21-26-25-20-11-7-13-29(20)21)28-16-14-27(15-17-28)12-6-10-19-8-4-3-5-9-19;/h3-6,8-10H,2,7,11-18H2,1H3,(H,23,24);1H. The summed E-state index contributed by atoms with van der Waals surface area (Å²) in [6.07, 6.45) is 6.67. The summed E-state index contributed by atoms with van der Waals surface area (Å²) < 4.78 is 2.23. The van der Waals surface area contributed by atoms with E-state index in [0.717, 1.165) is 69.8 Å². The van der Waals surface area contributed by atoms with Crippen molar-refractivity contribution in [2.45, 2.75) is 32.9 Å². The number of hydrogen-bond acceptors (Lipinski definition) is 4. The van der Waals surface area contributed by atoms with E-state index in [9.17, 15) is 0 Å². The van der Waals surface area contributed by atoms with E-state index in [-0.39, 0.29) is 24.0 Å². The number of piperazine rings is 1. The van der Waals surface area contributed by atoms with Gasteiger partial charge in [0.05, 0.1) is 0 Å². The summed E-state index contributed by atoms with van der Waals surface area (Å²) in [4.78, 5) is 9.71. The predicted octanol–water partition coefficient (Wildman–Crippen LogP) is 2.64. The SMILES string of the molecule is CCNC(=NCc1nnc2n1CCC2)N1CCN(CC=Cc2ccccc2)CC1.I. The second-order valence-electron chi connectivity index (χ2n) is 7.56. The summed E-state index contributed by atoms with van der Waals surface area (Å²) in [5.41, 5.74) is 1.26. The maximum Gasteiger partial charge on any atom is 0.194 e. The lowest BCUT2D eigenvalue weighted by molar-refractivity contribution is 0.194. The third kappa shape index (κ3) is 5.81. The lowest BCUT2D eigenvalue weighted by Crippen LogP contribution is -2.52. The molecule has 2 aliphatic rings. The Morgan fingerprint density at radius 1 is 1.10 bits per heavy atom. The van der Waals surface area contributed by atoms with Crippen molar-refractivity contribution in [3.8, 4) is 0 Å². The van der Waals surface area contributed by atoms with E-state index in [1.807, 2.05) is 0 Å². The van der Waals surface area contributed by atoms with Crippen molar-refractivity contribution in [3.05, 3.63) is 53.6 Å². The molecule has 0 atom stereocenters. The van der Waals surface area contributed by atoms with Crippen molar-refractivity contribution in [3.63, 3.8) is 0 Å². The molecule has 1 saturated heterocycles. The molecule has 1 aromatic heterocycles. The monoisotopic (exact) mass is 521 g/mol. The molecule has 2 aliphatic heterocycles. The highest BCUT2D eigenvalue weighted by Gasteiger charge is 2.20. The minimum Gasteiger partial charge on any atom is -0.357 e.